The van der Waals surface area contributed by atoms with Crippen LogP contribution in [0.15, 0.2) is 57.9 Å². The lowest BCUT2D eigenvalue weighted by Gasteiger charge is -2.12. The van der Waals surface area contributed by atoms with Crippen LogP contribution in [0.3, 0.4) is 0 Å². The average molecular weight is 435 g/mol. The molecule has 0 atom stereocenters. The van der Waals surface area contributed by atoms with Crippen molar-refractivity contribution in [2.45, 2.75) is 38.8 Å². The quantitative estimate of drug-likeness (QED) is 0.355. The third kappa shape index (κ3) is 5.81. The number of para-hydroxylation sites is 1. The maximum Gasteiger partial charge on any atom is 0.258 e. The van der Waals surface area contributed by atoms with Crippen molar-refractivity contribution in [1.29, 1.82) is 0 Å². The van der Waals surface area contributed by atoms with E-state index < -0.39 is 0 Å². The summed E-state index contributed by atoms with van der Waals surface area (Å²) in [7, 11) is 1.76. The van der Waals surface area contributed by atoms with Gasteiger partial charge in [-0.25, -0.2) is 0 Å². The first kappa shape index (κ1) is 21.7. The van der Waals surface area contributed by atoms with E-state index >= 15 is 0 Å². The number of aliphatic imine (C=N–C) groups is 1. The van der Waals surface area contributed by atoms with Gasteiger partial charge in [0.25, 0.3) is 5.91 Å². The lowest BCUT2D eigenvalue weighted by Crippen LogP contribution is -2.37. The van der Waals surface area contributed by atoms with Crippen molar-refractivity contribution in [3.63, 3.8) is 0 Å². The number of aryl methyl sites for hydroxylation is 1. The number of furan rings is 1. The second kappa shape index (κ2) is 10.2. The lowest BCUT2D eigenvalue weighted by molar-refractivity contribution is -0.123. The van der Waals surface area contributed by atoms with Crippen molar-refractivity contribution in [2.24, 2.45) is 4.99 Å². The van der Waals surface area contributed by atoms with Gasteiger partial charge in [0, 0.05) is 30.6 Å². The largest absolute Gasteiger partial charge is 0.484 e. The van der Waals surface area contributed by atoms with Crippen molar-refractivity contribution >= 4 is 22.8 Å². The summed E-state index contributed by atoms with van der Waals surface area (Å²) in [6, 6.07) is 16.2. The van der Waals surface area contributed by atoms with E-state index in [9.17, 15) is 4.79 Å². The van der Waals surface area contributed by atoms with Gasteiger partial charge in [0.1, 0.15) is 17.1 Å². The highest BCUT2D eigenvalue weighted by Gasteiger charge is 2.23. The molecule has 7 nitrogen and oxygen atoms in total. The maximum atomic E-state index is 11.7. The SMILES string of the molecule is CN=C(NCCc1ccc(OCC(=O)NC2CC2)cc1)NCc1oc2ccccc2c1C. The summed E-state index contributed by atoms with van der Waals surface area (Å²) in [6.07, 6.45) is 2.99. The first-order valence-electron chi connectivity index (χ1n) is 11.0. The number of fused-ring (bicyclic) bond motifs is 1. The summed E-state index contributed by atoms with van der Waals surface area (Å²) in [5.41, 5.74) is 3.23. The third-order valence-electron chi connectivity index (χ3n) is 5.52. The number of guanidine groups is 1. The predicted molar refractivity (Wildman–Crippen MR) is 126 cm³/mol. The molecule has 3 aromatic rings. The number of rotatable bonds is 9. The third-order valence-corrected chi connectivity index (χ3v) is 5.52. The highest BCUT2D eigenvalue weighted by atomic mass is 16.5. The molecule has 3 N–H and O–H groups in total. The number of hydrogen-bond acceptors (Lipinski definition) is 4. The Hall–Kier alpha value is -3.48. The number of benzene rings is 2. The molecule has 0 saturated heterocycles. The Morgan fingerprint density at radius 3 is 2.62 bits per heavy atom. The van der Waals surface area contributed by atoms with Gasteiger partial charge in [-0.1, -0.05) is 30.3 Å². The number of carbonyl (C=O) groups is 1. The van der Waals surface area contributed by atoms with Crippen molar-refractivity contribution < 1.29 is 13.9 Å². The lowest BCUT2D eigenvalue weighted by atomic mass is 10.1. The standard InChI is InChI=1S/C25H30N4O3/c1-17-21-5-3-4-6-22(21)32-23(17)15-28-25(26-2)27-14-13-18-7-11-20(12-8-18)31-16-24(30)29-19-9-10-19/h3-8,11-12,19H,9-10,13-16H2,1-2H3,(H,29,30)(H2,26,27,28). The summed E-state index contributed by atoms with van der Waals surface area (Å²) in [4.78, 5) is 16.0. The number of hydrogen-bond donors (Lipinski definition) is 3. The van der Waals surface area contributed by atoms with Gasteiger partial charge in [-0.15, -0.1) is 0 Å². The molecule has 32 heavy (non-hydrogen) atoms. The average Bonchev–Trinajstić information content (AvgIpc) is 3.57. The van der Waals surface area contributed by atoms with E-state index in [1.165, 1.54) is 5.56 Å². The molecule has 4 rings (SSSR count). The van der Waals surface area contributed by atoms with E-state index in [2.05, 4.69) is 33.9 Å². The number of ether oxygens (including phenoxy) is 1. The molecule has 1 amide bonds. The van der Waals surface area contributed by atoms with E-state index in [1.807, 2.05) is 42.5 Å². The van der Waals surface area contributed by atoms with Crippen LogP contribution in [0.2, 0.25) is 0 Å². The van der Waals surface area contributed by atoms with Gasteiger partial charge >= 0.3 is 0 Å². The molecular weight excluding hydrogens is 404 g/mol. The minimum atomic E-state index is -0.0579. The van der Waals surface area contributed by atoms with Gasteiger partial charge in [-0.3, -0.25) is 9.79 Å². The van der Waals surface area contributed by atoms with Gasteiger partial charge < -0.3 is 25.1 Å². The molecule has 1 heterocycles. The molecule has 1 aliphatic carbocycles. The minimum absolute atomic E-state index is 0.0579. The van der Waals surface area contributed by atoms with Crippen molar-refractivity contribution in [2.75, 3.05) is 20.2 Å². The van der Waals surface area contributed by atoms with Crippen molar-refractivity contribution in [1.82, 2.24) is 16.0 Å². The Morgan fingerprint density at radius 1 is 1.12 bits per heavy atom. The summed E-state index contributed by atoms with van der Waals surface area (Å²) >= 11 is 0. The molecule has 0 unspecified atom stereocenters. The molecule has 1 fully saturated rings. The van der Waals surface area contributed by atoms with E-state index in [0.29, 0.717) is 18.3 Å². The molecular formula is C25H30N4O3. The summed E-state index contributed by atoms with van der Waals surface area (Å²) in [5.74, 6) is 2.28. The molecule has 1 saturated carbocycles. The van der Waals surface area contributed by atoms with Crippen LogP contribution in [0.5, 0.6) is 5.75 Å². The van der Waals surface area contributed by atoms with Crippen LogP contribution in [-0.2, 0) is 17.8 Å². The van der Waals surface area contributed by atoms with Gasteiger partial charge in [0.15, 0.2) is 12.6 Å². The molecule has 0 spiro atoms. The fraction of sp³-hybridized carbons (Fsp3) is 0.360. The highest BCUT2D eigenvalue weighted by molar-refractivity contribution is 5.83. The smallest absolute Gasteiger partial charge is 0.258 e. The van der Waals surface area contributed by atoms with Crippen LogP contribution in [0.1, 0.15) is 29.7 Å². The van der Waals surface area contributed by atoms with Crippen LogP contribution in [0, 0.1) is 6.92 Å². The molecule has 0 aliphatic heterocycles. The monoisotopic (exact) mass is 434 g/mol. The zero-order chi connectivity index (χ0) is 22.3. The highest BCUT2D eigenvalue weighted by Crippen LogP contribution is 2.24. The molecule has 2 aromatic carbocycles. The Balaban J connectivity index is 1.19. The Labute approximate surface area is 188 Å². The second-order valence-electron chi connectivity index (χ2n) is 8.02. The molecule has 7 heteroatoms. The Bertz CT molecular complexity index is 1080. The second-order valence-corrected chi connectivity index (χ2v) is 8.02. The molecule has 0 radical (unpaired) electrons. The van der Waals surface area contributed by atoms with Crippen LogP contribution in [0.4, 0.5) is 0 Å². The normalized spacial score (nSPS) is 13.8. The van der Waals surface area contributed by atoms with E-state index in [0.717, 1.165) is 54.1 Å². The van der Waals surface area contributed by atoms with Crippen LogP contribution in [-0.4, -0.2) is 38.1 Å². The Morgan fingerprint density at radius 2 is 1.91 bits per heavy atom. The zero-order valence-corrected chi connectivity index (χ0v) is 18.6. The van der Waals surface area contributed by atoms with Gasteiger partial charge in [-0.05, 0) is 49.9 Å². The van der Waals surface area contributed by atoms with Gasteiger partial charge in [0.2, 0.25) is 0 Å². The van der Waals surface area contributed by atoms with Gasteiger partial charge in [0.05, 0.1) is 6.54 Å². The van der Waals surface area contributed by atoms with Crippen LogP contribution < -0.4 is 20.7 Å². The van der Waals surface area contributed by atoms with E-state index in [-0.39, 0.29) is 12.5 Å². The fourth-order valence-electron chi connectivity index (χ4n) is 3.50. The summed E-state index contributed by atoms with van der Waals surface area (Å²) in [5, 5.41) is 10.7. The number of amides is 1. The molecule has 168 valence electrons. The minimum Gasteiger partial charge on any atom is -0.484 e. The Kier molecular flexibility index (Phi) is 6.94. The van der Waals surface area contributed by atoms with Crippen molar-refractivity contribution in [3.05, 3.63) is 65.4 Å². The van der Waals surface area contributed by atoms with Crippen LogP contribution >= 0.6 is 0 Å². The summed E-state index contributed by atoms with van der Waals surface area (Å²) < 4.78 is 11.5. The summed E-state index contributed by atoms with van der Waals surface area (Å²) in [6.45, 7) is 3.44. The first-order chi connectivity index (χ1) is 15.6. The predicted octanol–water partition coefficient (Wildman–Crippen LogP) is 3.31. The van der Waals surface area contributed by atoms with Crippen molar-refractivity contribution in [3.8, 4) is 5.75 Å². The van der Waals surface area contributed by atoms with E-state index in [4.69, 9.17) is 9.15 Å². The molecule has 0 bridgehead atoms. The number of carbonyl (C=O) groups excluding carboxylic acids is 1. The zero-order valence-electron chi connectivity index (χ0n) is 18.6. The van der Waals surface area contributed by atoms with E-state index in [1.54, 1.807) is 7.05 Å². The van der Waals surface area contributed by atoms with Gasteiger partial charge in [-0.2, -0.15) is 0 Å². The number of nitrogens with one attached hydrogen (secondary N) is 3. The molecule has 1 aromatic heterocycles. The first-order valence-corrected chi connectivity index (χ1v) is 11.0. The molecule has 1 aliphatic rings. The maximum absolute atomic E-state index is 11.7. The number of nitrogens with zero attached hydrogens (tertiary/aromatic N) is 1. The topological polar surface area (TPSA) is 87.9 Å². The van der Waals surface area contributed by atoms with Crippen LogP contribution in [0.25, 0.3) is 11.0 Å². The fourth-order valence-corrected chi connectivity index (χ4v) is 3.50.